The van der Waals surface area contributed by atoms with Crippen molar-refractivity contribution in [2.45, 2.75) is 26.3 Å². The van der Waals surface area contributed by atoms with Crippen LogP contribution >= 0.6 is 0 Å². The number of carbonyl (C=O) groups is 2. The quantitative estimate of drug-likeness (QED) is 0.748. The van der Waals surface area contributed by atoms with Crippen molar-refractivity contribution < 1.29 is 19.1 Å². The molecule has 2 aromatic rings. The Bertz CT molecular complexity index is 848. The highest BCUT2D eigenvalue weighted by Crippen LogP contribution is 2.27. The van der Waals surface area contributed by atoms with Gasteiger partial charge in [0, 0.05) is 24.3 Å². The maximum atomic E-state index is 12.8. The molecule has 1 fully saturated rings. The molecule has 1 heterocycles. The Kier molecular flexibility index (Phi) is 6.19. The van der Waals surface area contributed by atoms with Crippen molar-refractivity contribution in [2.24, 2.45) is 5.92 Å². The van der Waals surface area contributed by atoms with Gasteiger partial charge in [-0.3, -0.25) is 9.59 Å². The molecule has 0 saturated carbocycles. The molecule has 1 aliphatic rings. The van der Waals surface area contributed by atoms with E-state index < -0.39 is 5.92 Å². The van der Waals surface area contributed by atoms with Crippen LogP contribution in [0.15, 0.2) is 42.5 Å². The summed E-state index contributed by atoms with van der Waals surface area (Å²) in [6.45, 7) is 2.91. The minimum Gasteiger partial charge on any atom is -0.497 e. The second kappa shape index (κ2) is 8.78. The number of amides is 2. The van der Waals surface area contributed by atoms with Crippen LogP contribution < -0.4 is 19.7 Å². The molecule has 2 aromatic carbocycles. The normalized spacial score (nSPS) is 16.2. The number of anilines is 1. The van der Waals surface area contributed by atoms with Gasteiger partial charge in [-0.05, 0) is 48.7 Å². The third-order valence-electron chi connectivity index (χ3n) is 5.12. The summed E-state index contributed by atoms with van der Waals surface area (Å²) < 4.78 is 10.6. The van der Waals surface area contributed by atoms with Gasteiger partial charge in [0.1, 0.15) is 17.4 Å². The molecule has 0 radical (unpaired) electrons. The van der Waals surface area contributed by atoms with E-state index in [0.29, 0.717) is 24.5 Å². The lowest BCUT2D eigenvalue weighted by Gasteiger charge is -2.17. The molecule has 3 rings (SSSR count). The van der Waals surface area contributed by atoms with Gasteiger partial charge in [0.05, 0.1) is 14.2 Å². The Hall–Kier alpha value is -3.02. The number of benzene rings is 2. The molecule has 0 spiro atoms. The first-order chi connectivity index (χ1) is 13.6. The van der Waals surface area contributed by atoms with Gasteiger partial charge in [0.15, 0.2) is 0 Å². The molecule has 6 nitrogen and oxygen atoms in total. The zero-order chi connectivity index (χ0) is 20.1. The fourth-order valence-electron chi connectivity index (χ4n) is 3.42. The largest absolute Gasteiger partial charge is 0.497 e. The van der Waals surface area contributed by atoms with Gasteiger partial charge in [-0.2, -0.15) is 0 Å². The molecule has 1 N–H and O–H groups in total. The summed E-state index contributed by atoms with van der Waals surface area (Å²) in [6, 6.07) is 13.3. The van der Waals surface area contributed by atoms with E-state index >= 15 is 0 Å². The molecule has 0 bridgehead atoms. The lowest BCUT2D eigenvalue weighted by Crippen LogP contribution is -2.36. The minimum atomic E-state index is -0.664. The Morgan fingerprint density at radius 2 is 1.89 bits per heavy atom. The second-order valence-corrected chi connectivity index (χ2v) is 6.75. The lowest BCUT2D eigenvalue weighted by atomic mass is 10.1. The van der Waals surface area contributed by atoms with Crippen molar-refractivity contribution in [1.82, 2.24) is 5.32 Å². The molecule has 1 saturated heterocycles. The molecule has 1 aliphatic heterocycles. The first kappa shape index (κ1) is 19.7. The Morgan fingerprint density at radius 1 is 1.14 bits per heavy atom. The van der Waals surface area contributed by atoms with Gasteiger partial charge < -0.3 is 19.7 Å². The second-order valence-electron chi connectivity index (χ2n) is 6.75. The molecule has 0 aromatic heterocycles. The van der Waals surface area contributed by atoms with E-state index in [2.05, 4.69) is 12.2 Å². The summed E-state index contributed by atoms with van der Waals surface area (Å²) in [5.41, 5.74) is 2.86. The predicted molar refractivity (Wildman–Crippen MR) is 108 cm³/mol. The van der Waals surface area contributed by atoms with Crippen molar-refractivity contribution in [1.29, 1.82) is 0 Å². The van der Waals surface area contributed by atoms with Gasteiger partial charge in [-0.1, -0.05) is 19.1 Å². The van der Waals surface area contributed by atoms with Crippen LogP contribution in [0.25, 0.3) is 0 Å². The first-order valence-corrected chi connectivity index (χ1v) is 9.46. The molecule has 2 amide bonds. The summed E-state index contributed by atoms with van der Waals surface area (Å²) >= 11 is 0. The van der Waals surface area contributed by atoms with Crippen LogP contribution in [-0.4, -0.2) is 32.6 Å². The fourth-order valence-corrected chi connectivity index (χ4v) is 3.42. The van der Waals surface area contributed by atoms with Crippen molar-refractivity contribution in [3.63, 3.8) is 0 Å². The van der Waals surface area contributed by atoms with Crippen molar-refractivity contribution >= 4 is 17.5 Å². The average Bonchev–Trinajstić information content (AvgIpc) is 3.13. The van der Waals surface area contributed by atoms with Gasteiger partial charge in [0.2, 0.25) is 11.8 Å². The highest BCUT2D eigenvalue weighted by atomic mass is 16.5. The zero-order valence-electron chi connectivity index (χ0n) is 16.5. The zero-order valence-corrected chi connectivity index (χ0v) is 16.5. The van der Waals surface area contributed by atoms with Gasteiger partial charge in [-0.15, -0.1) is 0 Å². The molecule has 28 heavy (non-hydrogen) atoms. The summed E-state index contributed by atoms with van der Waals surface area (Å²) in [5.74, 6) is 0.268. The highest BCUT2D eigenvalue weighted by molar-refractivity contribution is 6.09. The van der Waals surface area contributed by atoms with Gasteiger partial charge in [-0.25, -0.2) is 0 Å². The maximum Gasteiger partial charge on any atom is 0.239 e. The maximum absolute atomic E-state index is 12.8. The molecular weight excluding hydrogens is 356 g/mol. The summed E-state index contributed by atoms with van der Waals surface area (Å²) in [4.78, 5) is 27.1. The van der Waals surface area contributed by atoms with Crippen molar-refractivity contribution in [3.8, 4) is 11.5 Å². The Morgan fingerprint density at radius 3 is 2.54 bits per heavy atom. The van der Waals surface area contributed by atoms with Crippen molar-refractivity contribution in [3.05, 3.63) is 53.6 Å². The molecular formula is C22H26N2O4. The Labute approximate surface area is 165 Å². The number of hydrogen-bond donors (Lipinski definition) is 1. The number of ether oxygens (including phenoxy) is 2. The average molecular weight is 382 g/mol. The topological polar surface area (TPSA) is 67.9 Å². The van der Waals surface area contributed by atoms with E-state index in [1.165, 1.54) is 5.56 Å². The standard InChI is InChI=1S/C22H26N2O4/c1-4-15-5-7-17(8-6-15)24-12-11-19(22(24)26)21(25)23-14-16-13-18(27-2)9-10-20(16)28-3/h5-10,13,19H,4,11-12,14H2,1-3H3,(H,23,25). The molecule has 148 valence electrons. The van der Waals surface area contributed by atoms with E-state index in [-0.39, 0.29) is 18.4 Å². The fraction of sp³-hybridized carbons (Fsp3) is 0.364. The van der Waals surface area contributed by atoms with Gasteiger partial charge in [0.25, 0.3) is 0 Å². The van der Waals surface area contributed by atoms with E-state index in [9.17, 15) is 9.59 Å². The number of rotatable bonds is 7. The number of nitrogens with one attached hydrogen (secondary N) is 1. The minimum absolute atomic E-state index is 0.153. The van der Waals surface area contributed by atoms with Gasteiger partial charge >= 0.3 is 0 Å². The summed E-state index contributed by atoms with van der Waals surface area (Å²) in [6.07, 6.45) is 1.46. The molecule has 0 aliphatic carbocycles. The third-order valence-corrected chi connectivity index (χ3v) is 5.12. The van der Waals surface area contributed by atoms with E-state index in [4.69, 9.17) is 9.47 Å². The number of hydrogen-bond acceptors (Lipinski definition) is 4. The van der Waals surface area contributed by atoms with Crippen LogP contribution in [0.2, 0.25) is 0 Å². The molecule has 6 heteroatoms. The third kappa shape index (κ3) is 4.11. The van der Waals surface area contributed by atoms with Crippen LogP contribution in [0.3, 0.4) is 0 Å². The monoisotopic (exact) mass is 382 g/mol. The summed E-state index contributed by atoms with van der Waals surface area (Å²) in [5, 5.41) is 2.87. The SMILES string of the molecule is CCc1ccc(N2CCC(C(=O)NCc3cc(OC)ccc3OC)C2=O)cc1. The van der Waals surface area contributed by atoms with E-state index in [1.54, 1.807) is 31.3 Å². The van der Waals surface area contributed by atoms with E-state index in [1.807, 2.05) is 30.3 Å². The number of aryl methyl sites for hydroxylation is 1. The number of carbonyl (C=O) groups excluding carboxylic acids is 2. The first-order valence-electron chi connectivity index (χ1n) is 9.46. The highest BCUT2D eigenvalue weighted by Gasteiger charge is 2.37. The van der Waals surface area contributed by atoms with Crippen LogP contribution in [0.1, 0.15) is 24.5 Å². The Balaban J connectivity index is 1.64. The van der Waals surface area contributed by atoms with E-state index in [0.717, 1.165) is 17.7 Å². The van der Waals surface area contributed by atoms with Crippen LogP contribution in [-0.2, 0) is 22.6 Å². The lowest BCUT2D eigenvalue weighted by molar-refractivity contribution is -0.132. The molecule has 1 unspecified atom stereocenters. The van der Waals surface area contributed by atoms with Crippen LogP contribution in [0.5, 0.6) is 11.5 Å². The predicted octanol–water partition coefficient (Wildman–Crippen LogP) is 2.94. The smallest absolute Gasteiger partial charge is 0.239 e. The van der Waals surface area contributed by atoms with Crippen molar-refractivity contribution in [2.75, 3.05) is 25.7 Å². The number of methoxy groups -OCH3 is 2. The summed E-state index contributed by atoms with van der Waals surface area (Å²) in [7, 11) is 3.16. The van der Waals surface area contributed by atoms with Crippen LogP contribution in [0, 0.1) is 5.92 Å². The number of nitrogens with zero attached hydrogens (tertiary/aromatic N) is 1. The van der Waals surface area contributed by atoms with Crippen LogP contribution in [0.4, 0.5) is 5.69 Å². The molecule has 1 atom stereocenters.